The van der Waals surface area contributed by atoms with Gasteiger partial charge in [0.2, 0.25) is 0 Å². The molecule has 4 nitrogen and oxygen atoms in total. The highest BCUT2D eigenvalue weighted by Crippen LogP contribution is 2.34. The second-order valence-corrected chi connectivity index (χ2v) is 6.63. The number of carbonyl (C=O) groups excluding carboxylic acids is 1. The minimum atomic E-state index is -0.428. The molecular formula is C14H26N2O2. The monoisotopic (exact) mass is 254 g/mol. The van der Waals surface area contributed by atoms with E-state index in [1.165, 1.54) is 12.8 Å². The van der Waals surface area contributed by atoms with Gasteiger partial charge in [-0.15, -0.1) is 0 Å². The molecule has 0 spiro atoms. The van der Waals surface area contributed by atoms with E-state index in [9.17, 15) is 4.79 Å². The average molecular weight is 254 g/mol. The Labute approximate surface area is 110 Å². The molecule has 2 saturated carbocycles. The fourth-order valence-electron chi connectivity index (χ4n) is 2.71. The van der Waals surface area contributed by atoms with Gasteiger partial charge in [0.1, 0.15) is 5.60 Å². The van der Waals surface area contributed by atoms with E-state index in [-0.39, 0.29) is 18.2 Å². The zero-order valence-corrected chi connectivity index (χ0v) is 11.8. The van der Waals surface area contributed by atoms with E-state index in [0.717, 1.165) is 25.7 Å². The van der Waals surface area contributed by atoms with Crippen LogP contribution in [0.25, 0.3) is 0 Å². The minimum Gasteiger partial charge on any atom is -0.444 e. The summed E-state index contributed by atoms with van der Waals surface area (Å²) in [5.74, 6) is 0. The normalized spacial score (nSPS) is 28.9. The van der Waals surface area contributed by atoms with Crippen molar-refractivity contribution in [1.29, 1.82) is 0 Å². The van der Waals surface area contributed by atoms with E-state index in [1.807, 2.05) is 25.7 Å². The molecule has 4 heteroatoms. The van der Waals surface area contributed by atoms with E-state index in [1.54, 1.807) is 0 Å². The third-order valence-corrected chi connectivity index (χ3v) is 3.68. The van der Waals surface area contributed by atoms with Crippen molar-refractivity contribution in [3.05, 3.63) is 0 Å². The maximum atomic E-state index is 12.3. The van der Waals surface area contributed by atoms with Gasteiger partial charge in [-0.2, -0.15) is 0 Å². The van der Waals surface area contributed by atoms with Crippen LogP contribution in [0.15, 0.2) is 0 Å². The number of rotatable bonds is 2. The van der Waals surface area contributed by atoms with Crippen LogP contribution in [0.1, 0.15) is 59.3 Å². The highest BCUT2D eigenvalue weighted by Gasteiger charge is 2.42. The number of hydrogen-bond donors (Lipinski definition) is 1. The molecular weight excluding hydrogens is 228 g/mol. The Balaban J connectivity index is 2.05. The zero-order chi connectivity index (χ0) is 13.3. The number of amides is 1. The topological polar surface area (TPSA) is 55.6 Å². The zero-order valence-electron chi connectivity index (χ0n) is 11.8. The molecule has 2 N–H and O–H groups in total. The third-order valence-electron chi connectivity index (χ3n) is 3.68. The fraction of sp³-hybridized carbons (Fsp3) is 0.929. The van der Waals surface area contributed by atoms with Gasteiger partial charge in [0.05, 0.1) is 6.04 Å². The molecule has 2 fully saturated rings. The first-order valence-electron chi connectivity index (χ1n) is 7.15. The van der Waals surface area contributed by atoms with E-state index >= 15 is 0 Å². The number of nitrogens with zero attached hydrogens (tertiary/aromatic N) is 1. The molecule has 104 valence electrons. The number of carbonyl (C=O) groups is 1. The Morgan fingerprint density at radius 1 is 1.17 bits per heavy atom. The predicted octanol–water partition coefficient (Wildman–Crippen LogP) is 2.66. The van der Waals surface area contributed by atoms with Gasteiger partial charge >= 0.3 is 6.09 Å². The Hall–Kier alpha value is -0.770. The van der Waals surface area contributed by atoms with Crippen molar-refractivity contribution < 1.29 is 9.53 Å². The molecule has 0 heterocycles. The van der Waals surface area contributed by atoms with Crippen molar-refractivity contribution in [3.8, 4) is 0 Å². The highest BCUT2D eigenvalue weighted by atomic mass is 16.6. The Kier molecular flexibility index (Phi) is 3.85. The Morgan fingerprint density at radius 3 is 2.28 bits per heavy atom. The van der Waals surface area contributed by atoms with Gasteiger partial charge in [-0.05, 0) is 46.5 Å². The van der Waals surface area contributed by atoms with Crippen LogP contribution in [-0.4, -0.2) is 34.7 Å². The molecule has 18 heavy (non-hydrogen) atoms. The standard InChI is InChI=1S/C14H26N2O2/c1-14(2,3)18-13(17)16(10-8-9-10)12-7-5-4-6-11(12)15/h10-12H,4-9,15H2,1-3H3. The first kappa shape index (κ1) is 13.7. The summed E-state index contributed by atoms with van der Waals surface area (Å²) in [4.78, 5) is 14.3. The molecule has 2 aliphatic rings. The molecule has 0 radical (unpaired) electrons. The smallest absolute Gasteiger partial charge is 0.410 e. The SMILES string of the molecule is CC(C)(C)OC(=O)N(C1CC1)C1CCCCC1N. The van der Waals surface area contributed by atoms with Crippen LogP contribution in [0.3, 0.4) is 0 Å². The summed E-state index contributed by atoms with van der Waals surface area (Å²) in [6, 6.07) is 0.668. The van der Waals surface area contributed by atoms with Crippen molar-refractivity contribution in [2.24, 2.45) is 5.73 Å². The van der Waals surface area contributed by atoms with E-state index in [0.29, 0.717) is 6.04 Å². The molecule has 2 atom stereocenters. The largest absolute Gasteiger partial charge is 0.444 e. The van der Waals surface area contributed by atoms with E-state index < -0.39 is 5.60 Å². The highest BCUT2D eigenvalue weighted by molar-refractivity contribution is 5.69. The lowest BCUT2D eigenvalue weighted by atomic mass is 9.90. The lowest BCUT2D eigenvalue weighted by Crippen LogP contribution is -2.54. The average Bonchev–Trinajstić information content (AvgIpc) is 3.03. The number of nitrogens with two attached hydrogens (primary N) is 1. The third kappa shape index (κ3) is 3.37. The molecule has 0 aromatic heterocycles. The molecule has 0 saturated heterocycles. The minimum absolute atomic E-state index is 0.117. The van der Waals surface area contributed by atoms with Crippen molar-refractivity contribution >= 4 is 6.09 Å². The van der Waals surface area contributed by atoms with Gasteiger partial charge in [-0.25, -0.2) is 4.79 Å². The fourth-order valence-corrected chi connectivity index (χ4v) is 2.71. The molecule has 2 aliphatic carbocycles. The summed E-state index contributed by atoms with van der Waals surface area (Å²) in [6.45, 7) is 5.74. The van der Waals surface area contributed by atoms with Crippen LogP contribution in [-0.2, 0) is 4.74 Å². The van der Waals surface area contributed by atoms with Gasteiger partial charge in [0.15, 0.2) is 0 Å². The van der Waals surface area contributed by atoms with Crippen molar-refractivity contribution in [1.82, 2.24) is 4.90 Å². The van der Waals surface area contributed by atoms with Gasteiger partial charge in [0, 0.05) is 12.1 Å². The van der Waals surface area contributed by atoms with Crippen LogP contribution >= 0.6 is 0 Å². The van der Waals surface area contributed by atoms with Crippen molar-refractivity contribution in [3.63, 3.8) is 0 Å². The molecule has 2 rings (SSSR count). The molecule has 0 aliphatic heterocycles. The maximum Gasteiger partial charge on any atom is 0.410 e. The lowest BCUT2D eigenvalue weighted by Gasteiger charge is -2.39. The van der Waals surface area contributed by atoms with Crippen molar-refractivity contribution in [2.75, 3.05) is 0 Å². The summed E-state index contributed by atoms with van der Waals surface area (Å²) in [5.41, 5.74) is 5.77. The molecule has 0 bridgehead atoms. The molecule has 0 aromatic rings. The van der Waals surface area contributed by atoms with Crippen LogP contribution in [0.2, 0.25) is 0 Å². The summed E-state index contributed by atoms with van der Waals surface area (Å²) >= 11 is 0. The van der Waals surface area contributed by atoms with E-state index in [2.05, 4.69) is 0 Å². The first-order valence-corrected chi connectivity index (χ1v) is 7.15. The van der Waals surface area contributed by atoms with Crippen LogP contribution in [0, 0.1) is 0 Å². The molecule has 2 unspecified atom stereocenters. The Bertz CT molecular complexity index is 307. The lowest BCUT2D eigenvalue weighted by molar-refractivity contribution is 0.00731. The van der Waals surface area contributed by atoms with Crippen LogP contribution in [0.4, 0.5) is 4.79 Å². The maximum absolute atomic E-state index is 12.3. The molecule has 0 aromatic carbocycles. The second-order valence-electron chi connectivity index (χ2n) is 6.63. The molecule has 1 amide bonds. The number of ether oxygens (including phenoxy) is 1. The van der Waals surface area contributed by atoms with Crippen LogP contribution < -0.4 is 5.73 Å². The van der Waals surface area contributed by atoms with Crippen LogP contribution in [0.5, 0.6) is 0 Å². The quantitative estimate of drug-likeness (QED) is 0.824. The van der Waals surface area contributed by atoms with Gasteiger partial charge in [0.25, 0.3) is 0 Å². The van der Waals surface area contributed by atoms with E-state index in [4.69, 9.17) is 10.5 Å². The second kappa shape index (κ2) is 5.08. The summed E-state index contributed by atoms with van der Waals surface area (Å²) < 4.78 is 5.53. The van der Waals surface area contributed by atoms with Crippen molar-refractivity contribution in [2.45, 2.75) is 83.0 Å². The summed E-state index contributed by atoms with van der Waals surface area (Å²) in [7, 11) is 0. The Morgan fingerprint density at radius 2 is 1.78 bits per heavy atom. The van der Waals surface area contributed by atoms with Gasteiger partial charge in [-0.1, -0.05) is 12.8 Å². The predicted molar refractivity (Wildman–Crippen MR) is 71.3 cm³/mol. The van der Waals surface area contributed by atoms with Gasteiger partial charge in [-0.3, -0.25) is 0 Å². The summed E-state index contributed by atoms with van der Waals surface area (Å²) in [6.07, 6.45) is 6.43. The summed E-state index contributed by atoms with van der Waals surface area (Å²) in [5, 5.41) is 0. The number of hydrogen-bond acceptors (Lipinski definition) is 3. The van der Waals surface area contributed by atoms with Gasteiger partial charge < -0.3 is 15.4 Å². The first-order chi connectivity index (χ1) is 8.38.